The van der Waals surface area contributed by atoms with Crippen LogP contribution in [0.3, 0.4) is 0 Å². The molecule has 1 aliphatic rings. The topological polar surface area (TPSA) is 65.5 Å². The van der Waals surface area contributed by atoms with Crippen LogP contribution in [0.4, 0.5) is 11.4 Å². The predicted octanol–water partition coefficient (Wildman–Crippen LogP) is 7.05. The summed E-state index contributed by atoms with van der Waals surface area (Å²) >= 11 is 7.57. The molecule has 5 rings (SSSR count). The lowest BCUT2D eigenvalue weighted by atomic mass is 9.92. The van der Waals surface area contributed by atoms with Crippen molar-refractivity contribution in [1.29, 1.82) is 0 Å². The molecule has 40 heavy (non-hydrogen) atoms. The van der Waals surface area contributed by atoms with Crippen LogP contribution in [0.2, 0.25) is 5.02 Å². The van der Waals surface area contributed by atoms with Gasteiger partial charge in [0.2, 0.25) is 11.8 Å². The predicted molar refractivity (Wildman–Crippen MR) is 164 cm³/mol. The van der Waals surface area contributed by atoms with E-state index in [1.807, 2.05) is 103 Å². The first-order valence-corrected chi connectivity index (χ1v) is 14.7. The van der Waals surface area contributed by atoms with E-state index in [-0.39, 0.29) is 24.8 Å². The van der Waals surface area contributed by atoms with Crippen LogP contribution in [0.5, 0.6) is 0 Å². The van der Waals surface area contributed by atoms with Gasteiger partial charge in [-0.2, -0.15) is 0 Å². The van der Waals surface area contributed by atoms with Crippen LogP contribution < -0.4 is 10.2 Å². The molecule has 1 aromatic heterocycles. The molecule has 2 amide bonds. The third-order valence-corrected chi connectivity index (χ3v) is 8.58. The minimum absolute atomic E-state index is 0.0746. The molecular weight excluding hydrogens is 540 g/mol. The van der Waals surface area contributed by atoms with Gasteiger partial charge in [-0.15, -0.1) is 11.3 Å². The Balaban J connectivity index is 1.45. The minimum Gasteiger partial charge on any atom is -0.378 e. The highest BCUT2D eigenvalue weighted by atomic mass is 35.5. The lowest BCUT2D eigenvalue weighted by molar-refractivity contribution is -0.145. The number of hydrogen-bond acceptors (Lipinski definition) is 5. The SMILES string of the molecule is CN(C)c1ccc(NC(=O)C2(N(Cc3nc(-c4ccc(Cl)cc4)cs3)C(=O)Cc3ccccc3)CCCC2)cc1. The number of nitrogens with zero attached hydrogens (tertiary/aromatic N) is 3. The second-order valence-electron chi connectivity index (χ2n) is 10.4. The summed E-state index contributed by atoms with van der Waals surface area (Å²) in [6.07, 6.45) is 3.23. The quantitative estimate of drug-likeness (QED) is 0.233. The number of anilines is 2. The molecule has 0 spiro atoms. The van der Waals surface area contributed by atoms with Crippen molar-refractivity contribution in [3.8, 4) is 11.3 Å². The van der Waals surface area contributed by atoms with Gasteiger partial charge >= 0.3 is 0 Å². The number of halogens is 1. The van der Waals surface area contributed by atoms with E-state index in [2.05, 4.69) is 5.32 Å². The van der Waals surface area contributed by atoms with Crippen molar-refractivity contribution in [1.82, 2.24) is 9.88 Å². The third-order valence-electron chi connectivity index (χ3n) is 7.50. The number of rotatable bonds is 9. The zero-order valence-electron chi connectivity index (χ0n) is 22.8. The van der Waals surface area contributed by atoms with Gasteiger partial charge in [0.05, 0.1) is 18.7 Å². The fraction of sp³-hybridized carbons (Fsp3) is 0.281. The minimum atomic E-state index is -0.946. The molecule has 206 valence electrons. The molecular formula is C32H33ClN4O2S. The van der Waals surface area contributed by atoms with E-state index in [1.165, 1.54) is 11.3 Å². The summed E-state index contributed by atoms with van der Waals surface area (Å²) in [7, 11) is 3.96. The molecule has 1 saturated carbocycles. The summed E-state index contributed by atoms with van der Waals surface area (Å²) in [6.45, 7) is 0.275. The standard InChI is InChI=1S/C32H33ClN4O2S/c1-36(2)27-16-14-26(15-17-27)34-31(39)32(18-6-7-19-32)37(30(38)20-23-8-4-3-5-9-23)21-29-35-28(22-40-29)24-10-12-25(33)13-11-24/h3-5,8-17,22H,6-7,18-21H2,1-2H3,(H,34,39). The van der Waals surface area contributed by atoms with E-state index in [0.29, 0.717) is 17.9 Å². The Labute approximate surface area is 244 Å². The normalized spacial score (nSPS) is 14.1. The largest absolute Gasteiger partial charge is 0.378 e. The first-order valence-electron chi connectivity index (χ1n) is 13.5. The molecule has 0 radical (unpaired) electrons. The average molecular weight is 573 g/mol. The molecule has 1 N–H and O–H groups in total. The third kappa shape index (κ3) is 6.21. The number of hydrogen-bond donors (Lipinski definition) is 1. The summed E-state index contributed by atoms with van der Waals surface area (Å²) in [5.74, 6) is -0.215. The highest BCUT2D eigenvalue weighted by Gasteiger charge is 2.48. The Hall–Kier alpha value is -3.68. The molecule has 0 atom stereocenters. The number of amides is 2. The van der Waals surface area contributed by atoms with E-state index in [0.717, 1.165) is 46.0 Å². The van der Waals surface area contributed by atoms with E-state index in [4.69, 9.17) is 16.6 Å². The van der Waals surface area contributed by atoms with Crippen LogP contribution in [0, 0.1) is 0 Å². The Morgan fingerprint density at radius 1 is 0.950 bits per heavy atom. The van der Waals surface area contributed by atoms with Crippen molar-refractivity contribution < 1.29 is 9.59 Å². The Bertz CT molecular complexity index is 1450. The van der Waals surface area contributed by atoms with Gasteiger partial charge in [0.15, 0.2) is 0 Å². The first-order chi connectivity index (χ1) is 19.3. The lowest BCUT2D eigenvalue weighted by Gasteiger charge is -2.40. The molecule has 0 unspecified atom stereocenters. The number of carbonyl (C=O) groups is 2. The van der Waals surface area contributed by atoms with Gasteiger partial charge in [-0.3, -0.25) is 9.59 Å². The van der Waals surface area contributed by atoms with Gasteiger partial charge < -0.3 is 15.1 Å². The highest BCUT2D eigenvalue weighted by molar-refractivity contribution is 7.09. The van der Waals surface area contributed by atoms with E-state index >= 15 is 0 Å². The van der Waals surface area contributed by atoms with Crippen LogP contribution >= 0.6 is 22.9 Å². The molecule has 6 nitrogen and oxygen atoms in total. The van der Waals surface area contributed by atoms with Crippen LogP contribution in [0.25, 0.3) is 11.3 Å². The molecule has 0 saturated heterocycles. The maximum absolute atomic E-state index is 14.1. The van der Waals surface area contributed by atoms with Gasteiger partial charge in [-0.1, -0.05) is 66.9 Å². The Morgan fingerprint density at radius 2 is 1.62 bits per heavy atom. The molecule has 4 aromatic rings. The number of carbonyl (C=O) groups excluding carboxylic acids is 2. The molecule has 1 heterocycles. The Morgan fingerprint density at radius 3 is 2.27 bits per heavy atom. The van der Waals surface area contributed by atoms with Gasteiger partial charge in [0.1, 0.15) is 10.5 Å². The summed E-state index contributed by atoms with van der Waals surface area (Å²) in [5.41, 5.74) is 3.54. The second-order valence-corrected chi connectivity index (χ2v) is 11.8. The zero-order valence-corrected chi connectivity index (χ0v) is 24.3. The highest BCUT2D eigenvalue weighted by Crippen LogP contribution is 2.39. The smallest absolute Gasteiger partial charge is 0.250 e. The van der Waals surface area contributed by atoms with Crippen LogP contribution in [0.15, 0.2) is 84.2 Å². The number of aromatic nitrogens is 1. The maximum atomic E-state index is 14.1. The lowest BCUT2D eigenvalue weighted by Crippen LogP contribution is -2.57. The van der Waals surface area contributed by atoms with Crippen molar-refractivity contribution in [3.05, 3.63) is 99.8 Å². The van der Waals surface area contributed by atoms with Gasteiger partial charge in [-0.05, 0) is 54.8 Å². The molecule has 8 heteroatoms. The monoisotopic (exact) mass is 572 g/mol. The van der Waals surface area contributed by atoms with E-state index in [1.54, 1.807) is 4.90 Å². The number of benzene rings is 3. The summed E-state index contributed by atoms with van der Waals surface area (Å²) in [4.78, 5) is 36.7. The van der Waals surface area contributed by atoms with Crippen molar-refractivity contribution in [3.63, 3.8) is 0 Å². The van der Waals surface area contributed by atoms with Crippen LogP contribution in [0.1, 0.15) is 36.3 Å². The molecule has 0 bridgehead atoms. The second kappa shape index (κ2) is 12.2. The fourth-order valence-corrected chi connectivity index (χ4v) is 6.20. The maximum Gasteiger partial charge on any atom is 0.250 e. The van der Waals surface area contributed by atoms with Crippen LogP contribution in [-0.4, -0.2) is 41.3 Å². The fourth-order valence-electron chi connectivity index (χ4n) is 5.29. The average Bonchev–Trinajstić information content (AvgIpc) is 3.64. The first kappa shape index (κ1) is 27.9. The Kier molecular flexibility index (Phi) is 8.52. The summed E-state index contributed by atoms with van der Waals surface area (Å²) < 4.78 is 0. The number of nitrogens with one attached hydrogen (secondary N) is 1. The van der Waals surface area contributed by atoms with Crippen molar-refractivity contribution in [2.45, 2.75) is 44.2 Å². The van der Waals surface area contributed by atoms with Crippen LogP contribution in [-0.2, 0) is 22.6 Å². The molecule has 1 fully saturated rings. The summed E-state index contributed by atoms with van der Waals surface area (Å²) in [5, 5.41) is 6.58. The molecule has 3 aromatic carbocycles. The van der Waals surface area contributed by atoms with Crippen molar-refractivity contribution >= 4 is 46.1 Å². The number of thiazole rings is 1. The van der Waals surface area contributed by atoms with E-state index in [9.17, 15) is 9.59 Å². The zero-order chi connectivity index (χ0) is 28.1. The van der Waals surface area contributed by atoms with Gasteiger partial charge in [0.25, 0.3) is 0 Å². The van der Waals surface area contributed by atoms with Gasteiger partial charge in [-0.25, -0.2) is 4.98 Å². The van der Waals surface area contributed by atoms with E-state index < -0.39 is 5.54 Å². The van der Waals surface area contributed by atoms with Gasteiger partial charge in [0, 0.05) is 41.4 Å². The van der Waals surface area contributed by atoms with Crippen molar-refractivity contribution in [2.24, 2.45) is 0 Å². The van der Waals surface area contributed by atoms with Crippen molar-refractivity contribution in [2.75, 3.05) is 24.3 Å². The molecule has 1 aliphatic carbocycles. The molecule has 0 aliphatic heterocycles. The summed E-state index contributed by atoms with van der Waals surface area (Å²) in [6, 6.07) is 25.0.